The molecule has 1 N–H and O–H groups in total. The molecule has 0 bridgehead atoms. The molecule has 19 heavy (non-hydrogen) atoms. The van der Waals surface area contributed by atoms with Gasteiger partial charge in [0.2, 0.25) is 0 Å². The van der Waals surface area contributed by atoms with Crippen LogP contribution in [0, 0.1) is 6.92 Å². The number of benzene rings is 1. The van der Waals surface area contributed by atoms with Gasteiger partial charge >= 0.3 is 5.97 Å². The minimum absolute atomic E-state index is 0.246. The molecule has 0 aliphatic rings. The number of rotatable bonds is 3. The van der Waals surface area contributed by atoms with Crippen LogP contribution >= 0.6 is 0 Å². The van der Waals surface area contributed by atoms with Crippen molar-refractivity contribution in [3.63, 3.8) is 0 Å². The number of aromatic nitrogens is 2. The van der Waals surface area contributed by atoms with E-state index in [1.807, 2.05) is 31.2 Å². The van der Waals surface area contributed by atoms with Gasteiger partial charge in [-0.1, -0.05) is 23.4 Å². The minimum atomic E-state index is -0.951. The zero-order valence-electron chi connectivity index (χ0n) is 10.3. The van der Waals surface area contributed by atoms with Crippen molar-refractivity contribution < 1.29 is 14.4 Å². The van der Waals surface area contributed by atoms with E-state index in [0.29, 0.717) is 12.3 Å². The van der Waals surface area contributed by atoms with Crippen LogP contribution in [0.2, 0.25) is 0 Å². The summed E-state index contributed by atoms with van der Waals surface area (Å²) < 4.78 is 6.88. The molecule has 3 rings (SSSR count). The third-order valence-corrected chi connectivity index (χ3v) is 3.02. The van der Waals surface area contributed by atoms with Gasteiger partial charge in [0.1, 0.15) is 5.69 Å². The summed E-state index contributed by atoms with van der Waals surface area (Å²) in [7, 11) is 0. The van der Waals surface area contributed by atoms with E-state index in [4.69, 9.17) is 4.52 Å². The van der Waals surface area contributed by atoms with Gasteiger partial charge in [0, 0.05) is 17.0 Å². The van der Waals surface area contributed by atoms with Crippen LogP contribution in [-0.2, 0) is 6.54 Å². The number of aryl methyl sites for hydroxylation is 1. The van der Waals surface area contributed by atoms with Crippen molar-refractivity contribution >= 4 is 16.9 Å². The smallest absolute Gasteiger partial charge is 0.352 e. The summed E-state index contributed by atoms with van der Waals surface area (Å²) in [6.45, 7) is 2.19. The molecule has 0 spiro atoms. The van der Waals surface area contributed by atoms with Crippen LogP contribution < -0.4 is 0 Å². The summed E-state index contributed by atoms with van der Waals surface area (Å²) in [6, 6.07) is 11.0. The molecule has 5 heteroatoms. The first-order chi connectivity index (χ1) is 9.15. The van der Waals surface area contributed by atoms with E-state index in [2.05, 4.69) is 5.16 Å². The Bertz CT molecular complexity index is 755. The third kappa shape index (κ3) is 1.99. The average molecular weight is 256 g/mol. The fraction of sp³-hybridized carbons (Fsp3) is 0.143. The van der Waals surface area contributed by atoms with Crippen molar-refractivity contribution in [3.8, 4) is 0 Å². The number of carboxylic acid groups (broad SMARTS) is 1. The number of hydrogen-bond donors (Lipinski definition) is 1. The summed E-state index contributed by atoms with van der Waals surface area (Å²) in [5, 5.41) is 14.0. The highest BCUT2D eigenvalue weighted by Crippen LogP contribution is 2.21. The van der Waals surface area contributed by atoms with Crippen molar-refractivity contribution in [1.29, 1.82) is 0 Å². The quantitative estimate of drug-likeness (QED) is 0.782. The molecule has 96 valence electrons. The van der Waals surface area contributed by atoms with E-state index in [1.165, 1.54) is 0 Å². The number of carboxylic acids is 1. The minimum Gasteiger partial charge on any atom is -0.477 e. The molecule has 2 heterocycles. The highest BCUT2D eigenvalue weighted by molar-refractivity contribution is 5.94. The summed E-state index contributed by atoms with van der Waals surface area (Å²) in [4.78, 5) is 11.3. The van der Waals surface area contributed by atoms with Crippen LogP contribution in [0.3, 0.4) is 0 Å². The summed E-state index contributed by atoms with van der Waals surface area (Å²) in [5.74, 6) is -0.311. The molecular weight excluding hydrogens is 244 g/mol. The summed E-state index contributed by atoms with van der Waals surface area (Å²) >= 11 is 0. The van der Waals surface area contributed by atoms with Gasteiger partial charge in [0.15, 0.2) is 5.76 Å². The second-order valence-corrected chi connectivity index (χ2v) is 4.41. The number of hydrogen-bond acceptors (Lipinski definition) is 3. The first-order valence-electron chi connectivity index (χ1n) is 5.89. The van der Waals surface area contributed by atoms with Crippen molar-refractivity contribution in [2.45, 2.75) is 13.5 Å². The van der Waals surface area contributed by atoms with Crippen molar-refractivity contribution in [1.82, 2.24) is 9.72 Å². The Morgan fingerprint density at radius 1 is 1.37 bits per heavy atom. The summed E-state index contributed by atoms with van der Waals surface area (Å²) in [5.41, 5.74) is 1.90. The average Bonchev–Trinajstić information content (AvgIpc) is 2.95. The lowest BCUT2D eigenvalue weighted by Gasteiger charge is -2.05. The van der Waals surface area contributed by atoms with E-state index in [9.17, 15) is 9.90 Å². The maximum absolute atomic E-state index is 11.3. The normalized spacial score (nSPS) is 11.0. The predicted molar refractivity (Wildman–Crippen MR) is 69.2 cm³/mol. The summed E-state index contributed by atoms with van der Waals surface area (Å²) in [6.07, 6.45) is 0. The van der Waals surface area contributed by atoms with Crippen LogP contribution in [0.15, 0.2) is 40.9 Å². The highest BCUT2D eigenvalue weighted by Gasteiger charge is 2.15. The topological polar surface area (TPSA) is 68.3 Å². The standard InChI is InChI=1S/C14H12N2O3/c1-9-6-11(19-15-9)8-16-12-5-3-2-4-10(12)7-13(16)14(17)18/h2-7H,8H2,1H3,(H,17,18). The van der Waals surface area contributed by atoms with Gasteiger partial charge in [0.25, 0.3) is 0 Å². The predicted octanol–water partition coefficient (Wildman–Crippen LogP) is 2.68. The zero-order valence-corrected chi connectivity index (χ0v) is 10.3. The Hall–Kier alpha value is -2.56. The van der Waals surface area contributed by atoms with Gasteiger partial charge in [-0.15, -0.1) is 0 Å². The van der Waals surface area contributed by atoms with E-state index < -0.39 is 5.97 Å². The fourth-order valence-corrected chi connectivity index (χ4v) is 2.20. The van der Waals surface area contributed by atoms with Crippen LogP contribution in [-0.4, -0.2) is 20.8 Å². The van der Waals surface area contributed by atoms with Gasteiger partial charge in [-0.05, 0) is 19.1 Å². The van der Waals surface area contributed by atoms with Crippen molar-refractivity contribution in [3.05, 3.63) is 53.5 Å². The van der Waals surface area contributed by atoms with E-state index in [-0.39, 0.29) is 5.69 Å². The number of carbonyl (C=O) groups is 1. The van der Waals surface area contributed by atoms with Crippen LogP contribution in [0.5, 0.6) is 0 Å². The molecule has 0 saturated heterocycles. The molecule has 0 atom stereocenters. The Kier molecular flexibility index (Phi) is 2.59. The largest absolute Gasteiger partial charge is 0.477 e. The molecular formula is C14H12N2O3. The molecule has 0 radical (unpaired) electrons. The second kappa shape index (κ2) is 4.28. The van der Waals surface area contributed by atoms with Crippen LogP contribution in [0.25, 0.3) is 10.9 Å². The fourth-order valence-electron chi connectivity index (χ4n) is 2.20. The molecule has 0 aliphatic carbocycles. The molecule has 0 saturated carbocycles. The Balaban J connectivity index is 2.14. The van der Waals surface area contributed by atoms with E-state index in [1.54, 1.807) is 16.7 Å². The number of nitrogens with zero attached hydrogens (tertiary/aromatic N) is 2. The van der Waals surface area contributed by atoms with Crippen LogP contribution in [0.4, 0.5) is 0 Å². The molecule has 5 nitrogen and oxygen atoms in total. The Morgan fingerprint density at radius 3 is 2.84 bits per heavy atom. The van der Waals surface area contributed by atoms with Gasteiger partial charge in [-0.25, -0.2) is 4.79 Å². The molecule has 0 aliphatic heterocycles. The van der Waals surface area contributed by atoms with Gasteiger partial charge in [-0.2, -0.15) is 0 Å². The van der Waals surface area contributed by atoms with E-state index in [0.717, 1.165) is 16.6 Å². The number of aromatic carboxylic acids is 1. The maximum atomic E-state index is 11.3. The van der Waals surface area contributed by atoms with E-state index >= 15 is 0 Å². The van der Waals surface area contributed by atoms with Gasteiger partial charge in [0.05, 0.1) is 12.2 Å². The molecule has 1 aromatic carbocycles. The first kappa shape index (κ1) is 11.5. The number of fused-ring (bicyclic) bond motifs is 1. The van der Waals surface area contributed by atoms with Crippen molar-refractivity contribution in [2.75, 3.05) is 0 Å². The lowest BCUT2D eigenvalue weighted by atomic mass is 10.2. The van der Waals surface area contributed by atoms with Crippen LogP contribution in [0.1, 0.15) is 21.9 Å². The molecule has 0 fully saturated rings. The Labute approximate surface area is 109 Å². The monoisotopic (exact) mass is 256 g/mol. The lowest BCUT2D eigenvalue weighted by molar-refractivity contribution is 0.0686. The van der Waals surface area contributed by atoms with Gasteiger partial charge < -0.3 is 14.2 Å². The Morgan fingerprint density at radius 2 is 2.16 bits per heavy atom. The SMILES string of the molecule is Cc1cc(Cn2c(C(=O)O)cc3ccccc32)on1. The molecule has 3 aromatic rings. The molecule has 0 unspecified atom stereocenters. The van der Waals surface area contributed by atoms with Crippen molar-refractivity contribution in [2.24, 2.45) is 0 Å². The molecule has 0 amide bonds. The molecule has 2 aromatic heterocycles. The second-order valence-electron chi connectivity index (χ2n) is 4.41. The third-order valence-electron chi connectivity index (χ3n) is 3.02. The number of para-hydroxylation sites is 1. The first-order valence-corrected chi connectivity index (χ1v) is 5.89. The lowest BCUT2D eigenvalue weighted by Crippen LogP contribution is -2.08. The zero-order chi connectivity index (χ0) is 13.4. The highest BCUT2D eigenvalue weighted by atomic mass is 16.5. The van der Waals surface area contributed by atoms with Gasteiger partial charge in [-0.3, -0.25) is 0 Å². The maximum Gasteiger partial charge on any atom is 0.352 e.